The number of anilines is 1. The molecule has 2 N–H and O–H groups in total. The minimum Gasteiger partial charge on any atom is -0.478 e. The Balaban J connectivity index is 1.56. The summed E-state index contributed by atoms with van der Waals surface area (Å²) in [5.74, 6) is 1.56. The van der Waals surface area contributed by atoms with Crippen molar-refractivity contribution in [3.05, 3.63) is 65.2 Å². The SMILES string of the molecule is O=C(O)c1ccc(CNc2cccc(CN3CCSCC3)c2)cc1. The van der Waals surface area contributed by atoms with E-state index < -0.39 is 5.97 Å². The molecule has 0 bridgehead atoms. The predicted octanol–water partition coefficient (Wildman–Crippen LogP) is 3.55. The molecule has 0 aliphatic carbocycles. The van der Waals surface area contributed by atoms with Crippen LogP contribution >= 0.6 is 11.8 Å². The number of nitrogens with one attached hydrogen (secondary N) is 1. The third kappa shape index (κ3) is 4.76. The number of carboxylic acid groups (broad SMARTS) is 1. The van der Waals surface area contributed by atoms with Crippen LogP contribution < -0.4 is 5.32 Å². The maximum atomic E-state index is 10.9. The van der Waals surface area contributed by atoms with Gasteiger partial charge in [0.05, 0.1) is 5.56 Å². The van der Waals surface area contributed by atoms with Crippen molar-refractivity contribution in [3.63, 3.8) is 0 Å². The highest BCUT2D eigenvalue weighted by Gasteiger charge is 2.10. The van der Waals surface area contributed by atoms with Crippen molar-refractivity contribution in [1.29, 1.82) is 0 Å². The Morgan fingerprint density at radius 2 is 1.83 bits per heavy atom. The van der Waals surface area contributed by atoms with Crippen LogP contribution in [0.15, 0.2) is 48.5 Å². The summed E-state index contributed by atoms with van der Waals surface area (Å²) in [6.07, 6.45) is 0. The van der Waals surface area contributed by atoms with Crippen LogP contribution in [0.1, 0.15) is 21.5 Å². The van der Waals surface area contributed by atoms with Crippen molar-refractivity contribution >= 4 is 23.4 Å². The van der Waals surface area contributed by atoms with Gasteiger partial charge in [0.15, 0.2) is 0 Å². The number of hydrogen-bond acceptors (Lipinski definition) is 4. The first-order chi connectivity index (χ1) is 11.7. The van der Waals surface area contributed by atoms with E-state index in [-0.39, 0.29) is 0 Å². The van der Waals surface area contributed by atoms with E-state index in [0.717, 1.165) is 30.9 Å². The zero-order valence-electron chi connectivity index (χ0n) is 13.6. The zero-order chi connectivity index (χ0) is 16.8. The van der Waals surface area contributed by atoms with Crippen molar-refractivity contribution < 1.29 is 9.90 Å². The summed E-state index contributed by atoms with van der Waals surface area (Å²) in [6.45, 7) is 4.02. The Hall–Kier alpha value is -1.98. The molecule has 24 heavy (non-hydrogen) atoms. The lowest BCUT2D eigenvalue weighted by atomic mass is 10.1. The second-order valence-electron chi connectivity index (χ2n) is 5.94. The molecular formula is C19H22N2O2S. The van der Waals surface area contributed by atoms with E-state index in [1.165, 1.54) is 17.1 Å². The van der Waals surface area contributed by atoms with Gasteiger partial charge in [-0.2, -0.15) is 11.8 Å². The smallest absolute Gasteiger partial charge is 0.335 e. The zero-order valence-corrected chi connectivity index (χ0v) is 14.4. The Kier molecular flexibility index (Phi) is 5.77. The van der Waals surface area contributed by atoms with Crippen LogP contribution in [-0.2, 0) is 13.1 Å². The number of carboxylic acids is 1. The van der Waals surface area contributed by atoms with Gasteiger partial charge in [-0.25, -0.2) is 4.79 Å². The Labute approximate surface area is 146 Å². The highest BCUT2D eigenvalue weighted by Crippen LogP contribution is 2.17. The summed E-state index contributed by atoms with van der Waals surface area (Å²) < 4.78 is 0. The lowest BCUT2D eigenvalue weighted by Crippen LogP contribution is -2.31. The lowest BCUT2D eigenvalue weighted by Gasteiger charge is -2.26. The minimum absolute atomic E-state index is 0.320. The monoisotopic (exact) mass is 342 g/mol. The molecule has 0 amide bonds. The first kappa shape index (κ1) is 16.9. The van der Waals surface area contributed by atoms with Gasteiger partial charge in [0.25, 0.3) is 0 Å². The molecule has 1 aliphatic rings. The Morgan fingerprint density at radius 3 is 2.54 bits per heavy atom. The number of thioether (sulfide) groups is 1. The standard InChI is InChI=1S/C19H22N2O2S/c22-19(23)17-6-4-15(5-7-17)13-20-18-3-1-2-16(12-18)14-21-8-10-24-11-9-21/h1-7,12,20H,8-11,13-14H2,(H,22,23). The van der Waals surface area contributed by atoms with Crippen LogP contribution in [0.3, 0.4) is 0 Å². The Bertz CT molecular complexity index is 682. The fourth-order valence-electron chi connectivity index (χ4n) is 2.77. The van der Waals surface area contributed by atoms with Gasteiger partial charge < -0.3 is 10.4 Å². The van der Waals surface area contributed by atoms with E-state index in [0.29, 0.717) is 12.1 Å². The molecule has 1 saturated heterocycles. The molecule has 0 atom stereocenters. The molecule has 0 unspecified atom stereocenters. The molecular weight excluding hydrogens is 320 g/mol. The quantitative estimate of drug-likeness (QED) is 0.841. The van der Waals surface area contributed by atoms with Crippen LogP contribution in [0.25, 0.3) is 0 Å². The van der Waals surface area contributed by atoms with Crippen molar-refractivity contribution in [2.45, 2.75) is 13.1 Å². The summed E-state index contributed by atoms with van der Waals surface area (Å²) in [5, 5.41) is 12.3. The molecule has 1 heterocycles. The second-order valence-corrected chi connectivity index (χ2v) is 7.17. The second kappa shape index (κ2) is 8.22. The molecule has 2 aromatic carbocycles. The molecule has 3 rings (SSSR count). The van der Waals surface area contributed by atoms with E-state index in [2.05, 4.69) is 34.5 Å². The van der Waals surface area contributed by atoms with Crippen LogP contribution in [0.5, 0.6) is 0 Å². The molecule has 0 spiro atoms. The third-order valence-electron chi connectivity index (χ3n) is 4.13. The first-order valence-electron chi connectivity index (χ1n) is 8.16. The van der Waals surface area contributed by atoms with Gasteiger partial charge >= 0.3 is 5.97 Å². The van der Waals surface area contributed by atoms with Gasteiger partial charge in [-0.15, -0.1) is 0 Å². The van der Waals surface area contributed by atoms with Crippen LogP contribution in [0.4, 0.5) is 5.69 Å². The van der Waals surface area contributed by atoms with Crippen molar-refractivity contribution in [2.75, 3.05) is 29.9 Å². The number of hydrogen-bond donors (Lipinski definition) is 2. The molecule has 0 radical (unpaired) electrons. The predicted molar refractivity (Wildman–Crippen MR) is 99.8 cm³/mol. The summed E-state index contributed by atoms with van der Waals surface area (Å²) >= 11 is 2.03. The largest absolute Gasteiger partial charge is 0.478 e. The molecule has 4 nitrogen and oxygen atoms in total. The van der Waals surface area contributed by atoms with Gasteiger partial charge in [0.2, 0.25) is 0 Å². The highest BCUT2D eigenvalue weighted by molar-refractivity contribution is 7.99. The number of aromatic carboxylic acids is 1. The Morgan fingerprint density at radius 1 is 1.08 bits per heavy atom. The number of benzene rings is 2. The van der Waals surface area contributed by atoms with Crippen molar-refractivity contribution in [3.8, 4) is 0 Å². The maximum absolute atomic E-state index is 10.9. The van der Waals surface area contributed by atoms with E-state index in [1.807, 2.05) is 23.9 Å². The fraction of sp³-hybridized carbons (Fsp3) is 0.316. The van der Waals surface area contributed by atoms with E-state index in [4.69, 9.17) is 5.11 Å². The first-order valence-corrected chi connectivity index (χ1v) is 9.31. The van der Waals surface area contributed by atoms with Gasteiger partial charge in [0.1, 0.15) is 0 Å². The van der Waals surface area contributed by atoms with Crippen LogP contribution in [0.2, 0.25) is 0 Å². The van der Waals surface area contributed by atoms with Crippen LogP contribution in [0, 0.1) is 0 Å². The average molecular weight is 342 g/mol. The minimum atomic E-state index is -0.890. The van der Waals surface area contributed by atoms with Crippen LogP contribution in [-0.4, -0.2) is 40.6 Å². The topological polar surface area (TPSA) is 52.6 Å². The number of carbonyl (C=O) groups is 1. The van der Waals surface area contributed by atoms with Gasteiger partial charge in [0, 0.05) is 43.4 Å². The lowest BCUT2D eigenvalue weighted by molar-refractivity contribution is 0.0697. The number of rotatable bonds is 6. The molecule has 5 heteroatoms. The third-order valence-corrected chi connectivity index (χ3v) is 5.08. The number of nitrogens with zero attached hydrogens (tertiary/aromatic N) is 1. The molecule has 1 aliphatic heterocycles. The fourth-order valence-corrected chi connectivity index (χ4v) is 3.75. The summed E-state index contributed by atoms with van der Waals surface area (Å²) in [5.41, 5.74) is 3.81. The van der Waals surface area contributed by atoms with Crippen molar-refractivity contribution in [1.82, 2.24) is 4.90 Å². The van der Waals surface area contributed by atoms with Gasteiger partial charge in [-0.1, -0.05) is 24.3 Å². The molecule has 0 saturated carbocycles. The van der Waals surface area contributed by atoms with E-state index in [1.54, 1.807) is 12.1 Å². The summed E-state index contributed by atoms with van der Waals surface area (Å²) in [7, 11) is 0. The normalized spacial score (nSPS) is 15.2. The average Bonchev–Trinajstić information content (AvgIpc) is 2.61. The van der Waals surface area contributed by atoms with E-state index in [9.17, 15) is 4.79 Å². The maximum Gasteiger partial charge on any atom is 0.335 e. The molecule has 1 fully saturated rings. The van der Waals surface area contributed by atoms with Gasteiger partial charge in [-0.3, -0.25) is 4.90 Å². The van der Waals surface area contributed by atoms with Crippen molar-refractivity contribution in [2.24, 2.45) is 0 Å². The molecule has 2 aromatic rings. The summed E-state index contributed by atoms with van der Waals surface area (Å²) in [6, 6.07) is 15.5. The van der Waals surface area contributed by atoms with Gasteiger partial charge in [-0.05, 0) is 35.4 Å². The molecule has 126 valence electrons. The summed E-state index contributed by atoms with van der Waals surface area (Å²) in [4.78, 5) is 13.4. The molecule has 0 aromatic heterocycles. The van der Waals surface area contributed by atoms with E-state index >= 15 is 0 Å². The highest BCUT2D eigenvalue weighted by atomic mass is 32.2.